The summed E-state index contributed by atoms with van der Waals surface area (Å²) in [5.74, 6) is 2.46. The topological polar surface area (TPSA) is 62.0 Å². The molecule has 1 aromatic rings. The highest BCUT2D eigenvalue weighted by Crippen LogP contribution is 2.25. The monoisotopic (exact) mass is 364 g/mol. The molecule has 1 unspecified atom stereocenters. The van der Waals surface area contributed by atoms with Crippen molar-refractivity contribution in [3.8, 4) is 0 Å². The first-order chi connectivity index (χ1) is 12.7. The van der Waals surface area contributed by atoms with Crippen molar-refractivity contribution in [1.29, 1.82) is 0 Å². The molecule has 2 heterocycles. The first-order valence-electron chi connectivity index (χ1n) is 10.1. The summed E-state index contributed by atoms with van der Waals surface area (Å²) >= 11 is 0. The predicted octanol–water partition coefficient (Wildman–Crippen LogP) is 3.03. The molecule has 1 fully saturated rings. The number of likely N-dealkylation sites (tertiary alicyclic amines) is 1. The Morgan fingerprint density at radius 1 is 1.31 bits per heavy atom. The van der Waals surface area contributed by atoms with Gasteiger partial charge in [-0.1, -0.05) is 13.8 Å². The van der Waals surface area contributed by atoms with Crippen molar-refractivity contribution in [1.82, 2.24) is 15.5 Å². The van der Waals surface area contributed by atoms with E-state index in [1.165, 1.54) is 12.8 Å². The Bertz CT molecular complexity index is 496. The van der Waals surface area contributed by atoms with Crippen molar-refractivity contribution in [2.75, 3.05) is 45.9 Å². The van der Waals surface area contributed by atoms with Crippen LogP contribution in [0, 0.1) is 5.92 Å². The Hall–Kier alpha value is -1.53. The number of nitrogens with zero attached hydrogens (tertiary/aromatic N) is 2. The van der Waals surface area contributed by atoms with Crippen LogP contribution >= 0.6 is 0 Å². The summed E-state index contributed by atoms with van der Waals surface area (Å²) < 4.78 is 11.3. The van der Waals surface area contributed by atoms with Crippen LogP contribution in [-0.2, 0) is 4.74 Å². The highest BCUT2D eigenvalue weighted by atomic mass is 16.5. The average Bonchev–Trinajstić information content (AvgIpc) is 3.32. The summed E-state index contributed by atoms with van der Waals surface area (Å²) in [6.07, 6.45) is 5.25. The normalized spacial score (nSPS) is 17.0. The molecule has 6 heteroatoms. The number of aliphatic imine (C=N–C) groups is 1. The number of ether oxygens (including phenoxy) is 1. The smallest absolute Gasteiger partial charge is 0.191 e. The third-order valence-electron chi connectivity index (χ3n) is 4.43. The Morgan fingerprint density at radius 3 is 2.77 bits per heavy atom. The van der Waals surface area contributed by atoms with E-state index in [9.17, 15) is 0 Å². The van der Waals surface area contributed by atoms with Crippen LogP contribution in [0.15, 0.2) is 27.8 Å². The Morgan fingerprint density at radius 2 is 2.12 bits per heavy atom. The van der Waals surface area contributed by atoms with E-state index in [2.05, 4.69) is 42.4 Å². The van der Waals surface area contributed by atoms with Crippen LogP contribution in [0.4, 0.5) is 0 Å². The molecule has 1 aliphatic heterocycles. The van der Waals surface area contributed by atoms with Gasteiger partial charge in [0.1, 0.15) is 5.76 Å². The van der Waals surface area contributed by atoms with Crippen LogP contribution in [0.5, 0.6) is 0 Å². The maximum absolute atomic E-state index is 5.68. The number of rotatable bonds is 11. The van der Waals surface area contributed by atoms with Crippen LogP contribution in [0.3, 0.4) is 0 Å². The maximum atomic E-state index is 5.68. The summed E-state index contributed by atoms with van der Waals surface area (Å²) in [5.41, 5.74) is 0. The molecule has 1 aromatic heterocycles. The van der Waals surface area contributed by atoms with E-state index in [0.29, 0.717) is 12.5 Å². The molecule has 0 amide bonds. The number of guanidine groups is 1. The number of nitrogens with one attached hydrogen (secondary N) is 2. The van der Waals surface area contributed by atoms with Gasteiger partial charge in [-0.15, -0.1) is 0 Å². The quantitative estimate of drug-likeness (QED) is 0.359. The van der Waals surface area contributed by atoms with Gasteiger partial charge >= 0.3 is 0 Å². The van der Waals surface area contributed by atoms with Gasteiger partial charge in [0, 0.05) is 26.3 Å². The fraction of sp³-hybridized carbons (Fsp3) is 0.750. The molecule has 26 heavy (non-hydrogen) atoms. The second-order valence-electron chi connectivity index (χ2n) is 7.24. The lowest BCUT2D eigenvalue weighted by Crippen LogP contribution is -2.39. The van der Waals surface area contributed by atoms with E-state index >= 15 is 0 Å². The summed E-state index contributed by atoms with van der Waals surface area (Å²) in [4.78, 5) is 7.29. The van der Waals surface area contributed by atoms with Gasteiger partial charge in [-0.25, -0.2) is 0 Å². The van der Waals surface area contributed by atoms with Crippen molar-refractivity contribution >= 4 is 5.96 Å². The van der Waals surface area contributed by atoms with Gasteiger partial charge in [-0.3, -0.25) is 9.89 Å². The lowest BCUT2D eigenvalue weighted by atomic mass is 10.2. The van der Waals surface area contributed by atoms with Crippen molar-refractivity contribution in [2.45, 2.75) is 46.1 Å². The first-order valence-corrected chi connectivity index (χ1v) is 10.1. The van der Waals surface area contributed by atoms with Gasteiger partial charge in [0.15, 0.2) is 5.96 Å². The molecule has 0 aliphatic carbocycles. The number of furan rings is 1. The van der Waals surface area contributed by atoms with E-state index in [-0.39, 0.29) is 6.04 Å². The summed E-state index contributed by atoms with van der Waals surface area (Å²) in [5, 5.41) is 6.74. The fourth-order valence-electron chi connectivity index (χ4n) is 3.14. The van der Waals surface area contributed by atoms with Gasteiger partial charge in [0.05, 0.1) is 18.8 Å². The van der Waals surface area contributed by atoms with Crippen LogP contribution in [-0.4, -0.2) is 56.8 Å². The van der Waals surface area contributed by atoms with E-state index < -0.39 is 0 Å². The molecule has 0 saturated carbocycles. The van der Waals surface area contributed by atoms with Crippen molar-refractivity contribution < 1.29 is 9.15 Å². The molecule has 0 bridgehead atoms. The molecule has 0 radical (unpaired) electrons. The minimum atomic E-state index is 0.220. The van der Waals surface area contributed by atoms with E-state index in [1.807, 2.05) is 6.07 Å². The SMILES string of the molecule is CCNC(=NCC(c1ccco1)N1CCCC1)NCCCOCC(C)C. The molecule has 6 nitrogen and oxygen atoms in total. The molecule has 0 aromatic carbocycles. The molecular weight excluding hydrogens is 328 g/mol. The zero-order valence-electron chi connectivity index (χ0n) is 16.7. The van der Waals surface area contributed by atoms with Crippen LogP contribution in [0.2, 0.25) is 0 Å². The zero-order valence-corrected chi connectivity index (χ0v) is 16.7. The molecule has 0 spiro atoms. The third kappa shape index (κ3) is 7.38. The number of hydrogen-bond donors (Lipinski definition) is 2. The summed E-state index contributed by atoms with van der Waals surface area (Å²) in [7, 11) is 0. The molecule has 2 N–H and O–H groups in total. The molecule has 2 rings (SSSR count). The van der Waals surface area contributed by atoms with Crippen LogP contribution in [0.1, 0.15) is 51.8 Å². The highest BCUT2D eigenvalue weighted by molar-refractivity contribution is 5.79. The van der Waals surface area contributed by atoms with E-state index in [1.54, 1.807) is 6.26 Å². The lowest BCUT2D eigenvalue weighted by molar-refractivity contribution is 0.108. The Kier molecular flexibility index (Phi) is 9.56. The Labute approximate surface area is 158 Å². The van der Waals surface area contributed by atoms with Gasteiger partial charge in [-0.05, 0) is 57.3 Å². The first kappa shape index (κ1) is 20.8. The van der Waals surface area contributed by atoms with Gasteiger partial charge in [-0.2, -0.15) is 0 Å². The minimum Gasteiger partial charge on any atom is -0.468 e. The van der Waals surface area contributed by atoms with Gasteiger partial charge in [0.25, 0.3) is 0 Å². The predicted molar refractivity (Wildman–Crippen MR) is 107 cm³/mol. The zero-order chi connectivity index (χ0) is 18.6. The molecular formula is C20H36N4O2. The van der Waals surface area contributed by atoms with Gasteiger partial charge in [0.2, 0.25) is 0 Å². The third-order valence-corrected chi connectivity index (χ3v) is 4.43. The fourth-order valence-corrected chi connectivity index (χ4v) is 3.14. The molecule has 1 aliphatic rings. The maximum Gasteiger partial charge on any atom is 0.191 e. The van der Waals surface area contributed by atoms with Crippen LogP contribution in [0.25, 0.3) is 0 Å². The van der Waals surface area contributed by atoms with Crippen molar-refractivity contribution in [3.05, 3.63) is 24.2 Å². The molecule has 1 atom stereocenters. The Balaban J connectivity index is 1.83. The van der Waals surface area contributed by atoms with E-state index in [4.69, 9.17) is 14.1 Å². The second kappa shape index (κ2) is 12.0. The van der Waals surface area contributed by atoms with Crippen molar-refractivity contribution in [2.24, 2.45) is 10.9 Å². The standard InChI is InChI=1S/C20H36N4O2/c1-4-21-20(22-10-8-13-25-16-17(2)3)23-15-18(19-9-7-14-26-19)24-11-5-6-12-24/h7,9,14,17-18H,4-6,8,10-13,15-16H2,1-3H3,(H2,21,22,23). The summed E-state index contributed by atoms with van der Waals surface area (Å²) in [6, 6.07) is 4.24. The highest BCUT2D eigenvalue weighted by Gasteiger charge is 2.25. The van der Waals surface area contributed by atoms with Crippen LogP contribution < -0.4 is 10.6 Å². The number of hydrogen-bond acceptors (Lipinski definition) is 4. The second-order valence-corrected chi connectivity index (χ2v) is 7.24. The van der Waals surface area contributed by atoms with Crippen molar-refractivity contribution in [3.63, 3.8) is 0 Å². The summed E-state index contributed by atoms with van der Waals surface area (Å²) in [6.45, 7) is 12.7. The lowest BCUT2D eigenvalue weighted by Gasteiger charge is -2.24. The largest absolute Gasteiger partial charge is 0.468 e. The average molecular weight is 365 g/mol. The molecule has 148 valence electrons. The van der Waals surface area contributed by atoms with Gasteiger partial charge < -0.3 is 19.8 Å². The van der Waals surface area contributed by atoms with E-state index in [0.717, 1.165) is 57.5 Å². The molecule has 1 saturated heterocycles. The minimum absolute atomic E-state index is 0.220.